The molecule has 1 aromatic rings. The van der Waals surface area contributed by atoms with Crippen molar-refractivity contribution < 1.29 is 23.1 Å². The van der Waals surface area contributed by atoms with Crippen LogP contribution in [-0.2, 0) is 19.6 Å². The van der Waals surface area contributed by atoms with E-state index in [0.29, 0.717) is 9.50 Å². The topological polar surface area (TPSA) is 83.9 Å². The summed E-state index contributed by atoms with van der Waals surface area (Å²) in [7, 11) is -3.91. The highest BCUT2D eigenvalue weighted by molar-refractivity contribution is 9.10. The Morgan fingerprint density at radius 2 is 2.20 bits per heavy atom. The molecule has 2 rings (SSSR count). The van der Waals surface area contributed by atoms with Crippen LogP contribution in [0.25, 0.3) is 0 Å². The molecule has 110 valence electrons. The summed E-state index contributed by atoms with van der Waals surface area (Å²) in [4.78, 5) is 11.1. The van der Waals surface area contributed by atoms with Gasteiger partial charge in [-0.05, 0) is 34.1 Å². The molecule has 1 fully saturated rings. The Hall–Kier alpha value is -0.670. The van der Waals surface area contributed by atoms with E-state index in [1.807, 2.05) is 0 Å². The van der Waals surface area contributed by atoms with Crippen LogP contribution >= 0.6 is 27.5 Å². The molecule has 0 saturated carbocycles. The highest BCUT2D eigenvalue weighted by Gasteiger charge is 2.38. The Bertz CT molecular complexity index is 636. The van der Waals surface area contributed by atoms with Crippen molar-refractivity contribution in [3.63, 3.8) is 0 Å². The minimum Gasteiger partial charge on any atom is -0.480 e. The third kappa shape index (κ3) is 2.99. The van der Waals surface area contributed by atoms with E-state index in [1.54, 1.807) is 0 Å². The van der Waals surface area contributed by atoms with Crippen LogP contribution in [0.5, 0.6) is 0 Å². The third-order valence-corrected chi connectivity index (χ3v) is 5.98. The third-order valence-electron chi connectivity index (χ3n) is 2.86. The lowest BCUT2D eigenvalue weighted by atomic mass is 10.3. The number of morpholine rings is 1. The van der Waals surface area contributed by atoms with Crippen LogP contribution in [0.3, 0.4) is 0 Å². The van der Waals surface area contributed by atoms with Gasteiger partial charge in [0.25, 0.3) is 0 Å². The average Bonchev–Trinajstić information content (AvgIpc) is 2.41. The smallest absolute Gasteiger partial charge is 0.324 e. The first-order valence-electron chi connectivity index (χ1n) is 5.61. The van der Waals surface area contributed by atoms with Crippen molar-refractivity contribution in [3.8, 4) is 0 Å². The first-order chi connectivity index (χ1) is 9.34. The Balaban J connectivity index is 2.42. The molecule has 1 aliphatic heterocycles. The van der Waals surface area contributed by atoms with E-state index in [4.69, 9.17) is 21.4 Å². The number of hydrogen-bond acceptors (Lipinski definition) is 4. The van der Waals surface area contributed by atoms with Crippen LogP contribution in [0, 0.1) is 0 Å². The molecule has 0 aromatic heterocycles. The Morgan fingerprint density at radius 3 is 2.80 bits per heavy atom. The number of rotatable bonds is 3. The Kier molecular flexibility index (Phi) is 4.70. The van der Waals surface area contributed by atoms with Crippen molar-refractivity contribution in [2.75, 3.05) is 19.8 Å². The number of carboxylic acids is 1. The van der Waals surface area contributed by atoms with Gasteiger partial charge in [0.05, 0.1) is 23.1 Å². The molecule has 9 heteroatoms. The van der Waals surface area contributed by atoms with Crippen molar-refractivity contribution in [3.05, 3.63) is 27.7 Å². The van der Waals surface area contributed by atoms with Crippen LogP contribution < -0.4 is 0 Å². The number of sulfonamides is 1. The van der Waals surface area contributed by atoms with E-state index in [1.165, 1.54) is 18.2 Å². The Labute approximate surface area is 129 Å². The van der Waals surface area contributed by atoms with Crippen molar-refractivity contribution in [2.45, 2.75) is 10.9 Å². The molecule has 1 atom stereocenters. The summed E-state index contributed by atoms with van der Waals surface area (Å²) in [6, 6.07) is 2.92. The fourth-order valence-corrected chi connectivity index (χ4v) is 4.07. The maximum Gasteiger partial charge on any atom is 0.324 e. The van der Waals surface area contributed by atoms with Gasteiger partial charge in [-0.2, -0.15) is 4.31 Å². The lowest BCUT2D eigenvalue weighted by Crippen LogP contribution is -2.52. The van der Waals surface area contributed by atoms with Crippen LogP contribution in [0.15, 0.2) is 27.6 Å². The van der Waals surface area contributed by atoms with E-state index < -0.39 is 22.0 Å². The summed E-state index contributed by atoms with van der Waals surface area (Å²) >= 11 is 8.98. The zero-order chi connectivity index (χ0) is 14.9. The quantitative estimate of drug-likeness (QED) is 0.855. The molecule has 1 N–H and O–H groups in total. The number of nitrogens with zero attached hydrogens (tertiary/aromatic N) is 1. The molecule has 20 heavy (non-hydrogen) atoms. The van der Waals surface area contributed by atoms with Gasteiger partial charge in [-0.25, -0.2) is 8.42 Å². The normalized spacial score (nSPS) is 20.8. The fraction of sp³-hybridized carbons (Fsp3) is 0.364. The monoisotopic (exact) mass is 383 g/mol. The van der Waals surface area contributed by atoms with E-state index in [2.05, 4.69) is 15.9 Å². The molecule has 0 spiro atoms. The van der Waals surface area contributed by atoms with Gasteiger partial charge in [-0.1, -0.05) is 11.6 Å². The zero-order valence-corrected chi connectivity index (χ0v) is 13.3. The molecule has 1 saturated heterocycles. The molecule has 1 heterocycles. The molecule has 1 aliphatic rings. The second-order valence-corrected chi connectivity index (χ2v) is 7.27. The average molecular weight is 385 g/mol. The van der Waals surface area contributed by atoms with Crippen LogP contribution in [0.2, 0.25) is 5.02 Å². The standard InChI is InChI=1S/C11H11BrClNO5S/c12-8-5-7(1-2-9(8)13)20(17,18)14-3-4-19-6-10(14)11(15)16/h1-2,5,10H,3-4,6H2,(H,15,16). The van der Waals surface area contributed by atoms with Crippen molar-refractivity contribution in [1.29, 1.82) is 0 Å². The largest absolute Gasteiger partial charge is 0.480 e. The first-order valence-corrected chi connectivity index (χ1v) is 8.22. The van der Waals surface area contributed by atoms with Crippen molar-refractivity contribution >= 4 is 43.5 Å². The lowest BCUT2D eigenvalue weighted by molar-refractivity contribution is -0.146. The number of hydrogen-bond donors (Lipinski definition) is 1. The summed E-state index contributed by atoms with van der Waals surface area (Å²) in [5, 5.41) is 9.48. The summed E-state index contributed by atoms with van der Waals surface area (Å²) < 4.78 is 31.4. The predicted molar refractivity (Wildman–Crippen MR) is 75.3 cm³/mol. The molecule has 6 nitrogen and oxygen atoms in total. The van der Waals surface area contributed by atoms with Gasteiger partial charge in [-0.3, -0.25) is 4.79 Å². The maximum absolute atomic E-state index is 12.5. The number of ether oxygens (including phenoxy) is 1. The summed E-state index contributed by atoms with van der Waals surface area (Å²) in [6.07, 6.45) is 0. The number of carboxylic acid groups (broad SMARTS) is 1. The molecule has 0 aliphatic carbocycles. The molecular formula is C11H11BrClNO5S. The lowest BCUT2D eigenvalue weighted by Gasteiger charge is -2.31. The minimum atomic E-state index is -3.91. The highest BCUT2D eigenvalue weighted by atomic mass is 79.9. The van der Waals surface area contributed by atoms with E-state index in [9.17, 15) is 13.2 Å². The highest BCUT2D eigenvalue weighted by Crippen LogP contribution is 2.28. The van der Waals surface area contributed by atoms with Gasteiger partial charge in [0.2, 0.25) is 10.0 Å². The number of carbonyl (C=O) groups is 1. The van der Waals surface area contributed by atoms with Crippen molar-refractivity contribution in [1.82, 2.24) is 4.31 Å². The fourth-order valence-electron chi connectivity index (χ4n) is 1.84. The van der Waals surface area contributed by atoms with Crippen LogP contribution in [-0.4, -0.2) is 49.6 Å². The second kappa shape index (κ2) is 5.98. The van der Waals surface area contributed by atoms with Gasteiger partial charge >= 0.3 is 5.97 Å². The number of benzene rings is 1. The Morgan fingerprint density at radius 1 is 1.50 bits per heavy atom. The summed E-state index contributed by atoms with van der Waals surface area (Å²) in [6.45, 7) is 0.000633. The van der Waals surface area contributed by atoms with Crippen LogP contribution in [0.1, 0.15) is 0 Å². The molecule has 0 amide bonds. The predicted octanol–water partition coefficient (Wildman–Crippen LogP) is 1.58. The number of aliphatic carboxylic acids is 1. The van der Waals surface area contributed by atoms with Gasteiger partial charge in [-0.15, -0.1) is 0 Å². The summed E-state index contributed by atoms with van der Waals surface area (Å²) in [5.74, 6) is -1.23. The zero-order valence-electron chi connectivity index (χ0n) is 10.1. The first kappa shape index (κ1) is 15.7. The molecule has 0 bridgehead atoms. The van der Waals surface area contributed by atoms with Gasteiger partial charge in [0.1, 0.15) is 6.04 Å². The van der Waals surface area contributed by atoms with E-state index in [0.717, 1.165) is 4.31 Å². The van der Waals surface area contributed by atoms with E-state index in [-0.39, 0.29) is 24.7 Å². The van der Waals surface area contributed by atoms with Gasteiger partial charge in [0, 0.05) is 11.0 Å². The minimum absolute atomic E-state index is 0.000451. The van der Waals surface area contributed by atoms with Gasteiger partial charge < -0.3 is 9.84 Å². The second-order valence-electron chi connectivity index (χ2n) is 4.12. The SMILES string of the molecule is O=C(O)C1COCCN1S(=O)(=O)c1ccc(Cl)c(Br)c1. The molecule has 1 aromatic carbocycles. The maximum atomic E-state index is 12.5. The molecule has 1 unspecified atom stereocenters. The van der Waals surface area contributed by atoms with E-state index >= 15 is 0 Å². The molecule has 0 radical (unpaired) electrons. The van der Waals surface area contributed by atoms with Crippen LogP contribution in [0.4, 0.5) is 0 Å². The van der Waals surface area contributed by atoms with Gasteiger partial charge in [0.15, 0.2) is 0 Å². The van der Waals surface area contributed by atoms with Crippen molar-refractivity contribution in [2.24, 2.45) is 0 Å². The summed E-state index contributed by atoms with van der Waals surface area (Å²) in [5.41, 5.74) is 0. The molecular weight excluding hydrogens is 374 g/mol. The number of halogens is 2.